The van der Waals surface area contributed by atoms with Gasteiger partial charge in [0, 0.05) is 13.0 Å². The SMILES string of the molecule is C/C=C/CCNC(=O)CCC(=O)OC(C)(C)C. The molecule has 0 rings (SSSR count). The number of rotatable bonds is 6. The molecule has 0 aromatic heterocycles. The molecule has 98 valence electrons. The van der Waals surface area contributed by atoms with Gasteiger partial charge in [-0.2, -0.15) is 0 Å². The third-order valence-electron chi connectivity index (χ3n) is 1.85. The van der Waals surface area contributed by atoms with E-state index in [1.165, 1.54) is 0 Å². The number of carbonyl (C=O) groups excluding carboxylic acids is 2. The van der Waals surface area contributed by atoms with Gasteiger partial charge < -0.3 is 10.1 Å². The summed E-state index contributed by atoms with van der Waals surface area (Å²) in [6.07, 6.45) is 5.05. The summed E-state index contributed by atoms with van der Waals surface area (Å²) in [5.41, 5.74) is -0.487. The van der Waals surface area contributed by atoms with Crippen LogP contribution in [0.5, 0.6) is 0 Å². The average Bonchev–Trinajstić information content (AvgIpc) is 2.19. The molecular formula is C13H23NO3. The van der Waals surface area contributed by atoms with Crippen LogP contribution in [0.2, 0.25) is 0 Å². The Morgan fingerprint density at radius 2 is 1.88 bits per heavy atom. The van der Waals surface area contributed by atoms with Crippen LogP contribution in [0.25, 0.3) is 0 Å². The summed E-state index contributed by atoms with van der Waals surface area (Å²) in [6, 6.07) is 0. The predicted octanol–water partition coefficient (Wildman–Crippen LogP) is 2.19. The van der Waals surface area contributed by atoms with Gasteiger partial charge in [0.25, 0.3) is 0 Å². The molecule has 1 amide bonds. The largest absolute Gasteiger partial charge is 0.460 e. The van der Waals surface area contributed by atoms with Crippen molar-refractivity contribution in [3.8, 4) is 0 Å². The number of hydrogen-bond donors (Lipinski definition) is 1. The van der Waals surface area contributed by atoms with Gasteiger partial charge in [-0.3, -0.25) is 9.59 Å². The van der Waals surface area contributed by atoms with E-state index in [9.17, 15) is 9.59 Å². The number of amides is 1. The van der Waals surface area contributed by atoms with Crippen LogP contribution >= 0.6 is 0 Å². The Balaban J connectivity index is 3.66. The lowest BCUT2D eigenvalue weighted by Crippen LogP contribution is -2.27. The predicted molar refractivity (Wildman–Crippen MR) is 67.5 cm³/mol. The summed E-state index contributed by atoms with van der Waals surface area (Å²) < 4.78 is 5.10. The van der Waals surface area contributed by atoms with Gasteiger partial charge in [-0.15, -0.1) is 0 Å². The minimum absolute atomic E-state index is 0.111. The van der Waals surface area contributed by atoms with E-state index in [1.807, 2.05) is 39.8 Å². The first-order valence-electron chi connectivity index (χ1n) is 5.95. The van der Waals surface area contributed by atoms with Crippen molar-refractivity contribution >= 4 is 11.9 Å². The van der Waals surface area contributed by atoms with E-state index in [-0.39, 0.29) is 24.7 Å². The Kier molecular flexibility index (Phi) is 7.26. The summed E-state index contributed by atoms with van der Waals surface area (Å²) in [5.74, 6) is -0.443. The first kappa shape index (κ1) is 15.7. The summed E-state index contributed by atoms with van der Waals surface area (Å²) in [6.45, 7) is 7.97. The fraction of sp³-hybridized carbons (Fsp3) is 0.692. The highest BCUT2D eigenvalue weighted by Crippen LogP contribution is 2.08. The molecule has 0 saturated carbocycles. The van der Waals surface area contributed by atoms with Crippen LogP contribution in [0.4, 0.5) is 0 Å². The first-order chi connectivity index (χ1) is 7.85. The van der Waals surface area contributed by atoms with E-state index in [2.05, 4.69) is 5.32 Å². The van der Waals surface area contributed by atoms with Crippen molar-refractivity contribution in [3.63, 3.8) is 0 Å². The highest BCUT2D eigenvalue weighted by Gasteiger charge is 2.16. The van der Waals surface area contributed by atoms with Crippen molar-refractivity contribution < 1.29 is 14.3 Å². The maximum Gasteiger partial charge on any atom is 0.306 e. The van der Waals surface area contributed by atoms with E-state index in [1.54, 1.807) is 0 Å². The number of allylic oxidation sites excluding steroid dienone is 1. The number of ether oxygens (including phenoxy) is 1. The molecule has 0 unspecified atom stereocenters. The highest BCUT2D eigenvalue weighted by molar-refractivity contribution is 5.81. The Morgan fingerprint density at radius 3 is 2.41 bits per heavy atom. The van der Waals surface area contributed by atoms with Crippen LogP contribution in [0, 0.1) is 0 Å². The van der Waals surface area contributed by atoms with Gasteiger partial charge in [0.1, 0.15) is 5.60 Å². The Morgan fingerprint density at radius 1 is 1.24 bits per heavy atom. The smallest absolute Gasteiger partial charge is 0.306 e. The van der Waals surface area contributed by atoms with Gasteiger partial charge in [0.15, 0.2) is 0 Å². The molecule has 0 aromatic carbocycles. The fourth-order valence-corrected chi connectivity index (χ4v) is 1.16. The molecule has 0 fully saturated rings. The van der Waals surface area contributed by atoms with Crippen molar-refractivity contribution in [2.75, 3.05) is 6.54 Å². The van der Waals surface area contributed by atoms with Gasteiger partial charge in [-0.1, -0.05) is 12.2 Å². The van der Waals surface area contributed by atoms with Crippen LogP contribution in [0.15, 0.2) is 12.2 Å². The Hall–Kier alpha value is -1.32. The first-order valence-corrected chi connectivity index (χ1v) is 5.95. The second-order valence-corrected chi connectivity index (χ2v) is 4.79. The zero-order chi connectivity index (χ0) is 13.3. The van der Waals surface area contributed by atoms with Gasteiger partial charge in [-0.05, 0) is 34.1 Å². The molecule has 0 aliphatic rings. The molecule has 4 heteroatoms. The molecule has 0 aliphatic heterocycles. The lowest BCUT2D eigenvalue weighted by atomic mass is 10.2. The second-order valence-electron chi connectivity index (χ2n) is 4.79. The molecular weight excluding hydrogens is 218 g/mol. The molecule has 0 radical (unpaired) electrons. The fourth-order valence-electron chi connectivity index (χ4n) is 1.16. The van der Waals surface area contributed by atoms with Crippen LogP contribution in [-0.4, -0.2) is 24.0 Å². The van der Waals surface area contributed by atoms with E-state index >= 15 is 0 Å². The molecule has 0 heterocycles. The standard InChI is InChI=1S/C13H23NO3/c1-5-6-7-10-14-11(15)8-9-12(16)17-13(2,3)4/h5-6H,7-10H2,1-4H3,(H,14,15)/b6-5+. The van der Waals surface area contributed by atoms with E-state index in [4.69, 9.17) is 4.74 Å². The van der Waals surface area contributed by atoms with E-state index in [0.717, 1.165) is 6.42 Å². The molecule has 0 saturated heterocycles. The molecule has 0 aliphatic carbocycles. The third-order valence-corrected chi connectivity index (χ3v) is 1.85. The summed E-state index contributed by atoms with van der Waals surface area (Å²) in [5, 5.41) is 2.74. The summed E-state index contributed by atoms with van der Waals surface area (Å²) in [7, 11) is 0. The third kappa shape index (κ3) is 11.0. The van der Waals surface area contributed by atoms with Crippen LogP contribution in [0.3, 0.4) is 0 Å². The molecule has 1 N–H and O–H groups in total. The lowest BCUT2D eigenvalue weighted by Gasteiger charge is -2.19. The minimum atomic E-state index is -0.487. The van der Waals surface area contributed by atoms with Crippen LogP contribution in [-0.2, 0) is 14.3 Å². The second kappa shape index (κ2) is 7.87. The normalized spacial score (nSPS) is 11.5. The zero-order valence-corrected chi connectivity index (χ0v) is 11.2. The monoisotopic (exact) mass is 241 g/mol. The summed E-state index contributed by atoms with van der Waals surface area (Å²) in [4.78, 5) is 22.7. The summed E-state index contributed by atoms with van der Waals surface area (Å²) >= 11 is 0. The highest BCUT2D eigenvalue weighted by atomic mass is 16.6. The van der Waals surface area contributed by atoms with Crippen molar-refractivity contribution in [1.29, 1.82) is 0 Å². The van der Waals surface area contributed by atoms with Crippen molar-refractivity contribution in [2.24, 2.45) is 0 Å². The Labute approximate surface area is 103 Å². The number of hydrogen-bond acceptors (Lipinski definition) is 3. The lowest BCUT2D eigenvalue weighted by molar-refractivity contribution is -0.155. The molecule has 0 atom stereocenters. The van der Waals surface area contributed by atoms with Gasteiger partial charge in [0.05, 0.1) is 6.42 Å². The van der Waals surface area contributed by atoms with Crippen LogP contribution in [0.1, 0.15) is 47.0 Å². The number of nitrogens with one attached hydrogen (secondary N) is 1. The van der Waals surface area contributed by atoms with E-state index < -0.39 is 5.60 Å². The quantitative estimate of drug-likeness (QED) is 0.440. The molecule has 0 bridgehead atoms. The average molecular weight is 241 g/mol. The maximum atomic E-state index is 11.3. The zero-order valence-electron chi connectivity index (χ0n) is 11.2. The molecule has 0 spiro atoms. The molecule has 4 nitrogen and oxygen atoms in total. The van der Waals surface area contributed by atoms with Crippen LogP contribution < -0.4 is 5.32 Å². The van der Waals surface area contributed by atoms with Crippen molar-refractivity contribution in [3.05, 3.63) is 12.2 Å². The van der Waals surface area contributed by atoms with Gasteiger partial charge in [0.2, 0.25) is 5.91 Å². The van der Waals surface area contributed by atoms with Crippen molar-refractivity contribution in [1.82, 2.24) is 5.32 Å². The van der Waals surface area contributed by atoms with E-state index in [0.29, 0.717) is 6.54 Å². The van der Waals surface area contributed by atoms with Gasteiger partial charge >= 0.3 is 5.97 Å². The Bertz CT molecular complexity index is 277. The van der Waals surface area contributed by atoms with Gasteiger partial charge in [-0.25, -0.2) is 0 Å². The topological polar surface area (TPSA) is 55.4 Å². The number of esters is 1. The molecule has 17 heavy (non-hydrogen) atoms. The maximum absolute atomic E-state index is 11.3. The van der Waals surface area contributed by atoms with Crippen molar-refractivity contribution in [2.45, 2.75) is 52.6 Å². The molecule has 0 aromatic rings. The number of carbonyl (C=O) groups is 2. The minimum Gasteiger partial charge on any atom is -0.460 e.